The molecule has 0 saturated carbocycles. The molecule has 0 atom stereocenters. The van der Waals surface area contributed by atoms with Crippen LogP contribution in [0.2, 0.25) is 0 Å². The molecule has 0 unspecified atom stereocenters. The zero-order valence-corrected chi connectivity index (χ0v) is 19.9. The molecule has 10 heteroatoms. The molecule has 0 saturated heterocycles. The summed E-state index contributed by atoms with van der Waals surface area (Å²) in [4.78, 5) is 30.3. The Morgan fingerprint density at radius 2 is 1.82 bits per heavy atom. The molecule has 0 aliphatic carbocycles. The van der Waals surface area contributed by atoms with Gasteiger partial charge in [0.1, 0.15) is 11.3 Å². The van der Waals surface area contributed by atoms with E-state index in [9.17, 15) is 27.9 Å². The molecular formula is C24H20BrF3N2O4. The molecule has 0 aliphatic heterocycles. The van der Waals surface area contributed by atoms with Crippen LogP contribution < -0.4 is 9.64 Å². The smallest absolute Gasteiger partial charge is 0.421 e. The number of benzene rings is 2. The Balaban J connectivity index is 2.04. The lowest BCUT2D eigenvalue weighted by Gasteiger charge is -2.28. The number of aromatic carboxylic acids is 1. The number of amides is 1. The first kappa shape index (κ1) is 25.2. The standard InChI is InChI=1S/C24H20BrF3N2O4/c1-13(2)30(22(31)15-6-8-19(25)14(3)11-15)20-9-7-16(12-17(20)23(32)33)34-21-18(24(26,27)28)5-4-10-29-21/h4-13H,1-3H3,(H,32,33). The third-order valence-electron chi connectivity index (χ3n) is 4.89. The maximum absolute atomic E-state index is 13.3. The predicted octanol–water partition coefficient (Wildman–Crippen LogP) is 6.72. The molecule has 34 heavy (non-hydrogen) atoms. The Morgan fingerprint density at radius 3 is 2.41 bits per heavy atom. The van der Waals surface area contributed by atoms with Gasteiger partial charge in [-0.25, -0.2) is 9.78 Å². The minimum Gasteiger partial charge on any atom is -0.478 e. The van der Waals surface area contributed by atoms with Crippen LogP contribution in [0, 0.1) is 6.92 Å². The lowest BCUT2D eigenvalue weighted by Crippen LogP contribution is -2.38. The topological polar surface area (TPSA) is 79.7 Å². The van der Waals surface area contributed by atoms with E-state index < -0.39 is 35.5 Å². The number of carboxylic acid groups (broad SMARTS) is 1. The Morgan fingerprint density at radius 1 is 1.12 bits per heavy atom. The van der Waals surface area contributed by atoms with E-state index in [0.717, 1.165) is 34.4 Å². The van der Waals surface area contributed by atoms with Gasteiger partial charge in [-0.3, -0.25) is 4.79 Å². The molecule has 0 spiro atoms. The number of carbonyl (C=O) groups excluding carboxylic acids is 1. The zero-order chi connectivity index (χ0) is 25.2. The van der Waals surface area contributed by atoms with E-state index in [1.165, 1.54) is 17.0 Å². The molecule has 0 fully saturated rings. The monoisotopic (exact) mass is 536 g/mol. The number of alkyl halides is 3. The van der Waals surface area contributed by atoms with Gasteiger partial charge in [0, 0.05) is 22.3 Å². The van der Waals surface area contributed by atoms with Crippen molar-refractivity contribution in [2.75, 3.05) is 4.90 Å². The van der Waals surface area contributed by atoms with Crippen LogP contribution in [0.3, 0.4) is 0 Å². The normalized spacial score (nSPS) is 11.4. The van der Waals surface area contributed by atoms with Crippen LogP contribution in [0.1, 0.15) is 45.7 Å². The maximum atomic E-state index is 13.3. The summed E-state index contributed by atoms with van der Waals surface area (Å²) < 4.78 is 45.9. The minimum absolute atomic E-state index is 0.0810. The molecule has 3 aromatic rings. The molecule has 0 aliphatic rings. The predicted molar refractivity (Wildman–Crippen MR) is 124 cm³/mol. The first-order valence-electron chi connectivity index (χ1n) is 10.1. The van der Waals surface area contributed by atoms with Gasteiger partial charge in [-0.2, -0.15) is 13.2 Å². The molecule has 6 nitrogen and oxygen atoms in total. The van der Waals surface area contributed by atoms with E-state index in [1.54, 1.807) is 32.0 Å². The molecule has 178 valence electrons. The number of pyridine rings is 1. The van der Waals surface area contributed by atoms with Crippen LogP contribution in [0.15, 0.2) is 59.2 Å². The van der Waals surface area contributed by atoms with Gasteiger partial charge in [-0.05, 0) is 74.9 Å². The van der Waals surface area contributed by atoms with Gasteiger partial charge in [-0.15, -0.1) is 0 Å². The molecule has 0 radical (unpaired) electrons. The summed E-state index contributed by atoms with van der Waals surface area (Å²) >= 11 is 3.38. The van der Waals surface area contributed by atoms with Crippen molar-refractivity contribution < 1.29 is 32.6 Å². The van der Waals surface area contributed by atoms with Gasteiger partial charge >= 0.3 is 12.1 Å². The SMILES string of the molecule is Cc1cc(C(=O)N(c2ccc(Oc3ncccc3C(F)(F)F)cc2C(=O)O)C(C)C)ccc1Br. The van der Waals surface area contributed by atoms with Crippen LogP contribution in [-0.2, 0) is 6.18 Å². The van der Waals surface area contributed by atoms with Crippen LogP contribution in [0.4, 0.5) is 18.9 Å². The molecular weight excluding hydrogens is 517 g/mol. The molecule has 1 N–H and O–H groups in total. The van der Waals surface area contributed by atoms with Crippen molar-refractivity contribution in [3.8, 4) is 11.6 Å². The van der Waals surface area contributed by atoms with Crippen LogP contribution >= 0.6 is 15.9 Å². The van der Waals surface area contributed by atoms with Crippen LogP contribution in [-0.4, -0.2) is 28.0 Å². The van der Waals surface area contributed by atoms with Crippen molar-refractivity contribution in [1.82, 2.24) is 4.98 Å². The van der Waals surface area contributed by atoms with Crippen LogP contribution in [0.25, 0.3) is 0 Å². The highest BCUT2D eigenvalue weighted by Crippen LogP contribution is 2.37. The summed E-state index contributed by atoms with van der Waals surface area (Å²) in [6.45, 7) is 5.27. The number of carboxylic acids is 1. The average molecular weight is 537 g/mol. The Kier molecular flexibility index (Phi) is 7.30. The number of anilines is 1. The molecule has 1 heterocycles. The number of rotatable bonds is 6. The summed E-state index contributed by atoms with van der Waals surface area (Å²) in [5.74, 6) is -2.67. The Bertz CT molecular complexity index is 1250. The second kappa shape index (κ2) is 9.84. The van der Waals surface area contributed by atoms with Crippen LogP contribution in [0.5, 0.6) is 11.6 Å². The number of carbonyl (C=O) groups is 2. The quantitative estimate of drug-likeness (QED) is 0.378. The Hall–Kier alpha value is -3.40. The number of aromatic nitrogens is 1. The number of hydrogen-bond acceptors (Lipinski definition) is 4. The number of aryl methyl sites for hydroxylation is 1. The largest absolute Gasteiger partial charge is 0.478 e. The first-order valence-corrected chi connectivity index (χ1v) is 10.9. The third-order valence-corrected chi connectivity index (χ3v) is 5.78. The summed E-state index contributed by atoms with van der Waals surface area (Å²) in [7, 11) is 0. The minimum atomic E-state index is -4.71. The van der Waals surface area contributed by atoms with E-state index in [1.807, 2.05) is 6.92 Å². The van der Waals surface area contributed by atoms with E-state index in [4.69, 9.17) is 4.74 Å². The summed E-state index contributed by atoms with van der Waals surface area (Å²) in [5, 5.41) is 9.81. The maximum Gasteiger partial charge on any atom is 0.421 e. The first-order chi connectivity index (χ1) is 15.9. The van der Waals surface area contributed by atoms with Gasteiger partial charge in [0.15, 0.2) is 0 Å². The molecule has 2 aromatic carbocycles. The highest BCUT2D eigenvalue weighted by molar-refractivity contribution is 9.10. The lowest BCUT2D eigenvalue weighted by molar-refractivity contribution is -0.138. The van der Waals surface area contributed by atoms with Crippen molar-refractivity contribution in [3.05, 3.63) is 81.5 Å². The lowest BCUT2D eigenvalue weighted by atomic mass is 10.1. The molecule has 3 rings (SSSR count). The zero-order valence-electron chi connectivity index (χ0n) is 18.4. The highest BCUT2D eigenvalue weighted by atomic mass is 79.9. The summed E-state index contributed by atoms with van der Waals surface area (Å²) in [5.41, 5.74) is -0.141. The van der Waals surface area contributed by atoms with Gasteiger partial charge in [0.2, 0.25) is 5.88 Å². The fourth-order valence-electron chi connectivity index (χ4n) is 3.30. The molecule has 1 aromatic heterocycles. The number of hydrogen-bond donors (Lipinski definition) is 1. The van der Waals surface area contributed by atoms with E-state index in [0.29, 0.717) is 5.56 Å². The highest BCUT2D eigenvalue weighted by Gasteiger charge is 2.35. The van der Waals surface area contributed by atoms with E-state index in [2.05, 4.69) is 20.9 Å². The van der Waals surface area contributed by atoms with Crippen molar-refractivity contribution >= 4 is 33.5 Å². The van der Waals surface area contributed by atoms with Crippen molar-refractivity contribution in [2.45, 2.75) is 33.0 Å². The molecule has 1 amide bonds. The number of nitrogens with zero attached hydrogens (tertiary/aromatic N) is 2. The summed E-state index contributed by atoms with van der Waals surface area (Å²) in [6.07, 6.45) is -3.57. The average Bonchev–Trinajstić information content (AvgIpc) is 2.75. The van der Waals surface area contributed by atoms with E-state index in [-0.39, 0.29) is 17.0 Å². The Labute approximate surface area is 202 Å². The summed E-state index contributed by atoms with van der Waals surface area (Å²) in [6, 6.07) is 10.2. The van der Waals surface area contributed by atoms with Gasteiger partial charge in [0.05, 0.1) is 11.3 Å². The van der Waals surface area contributed by atoms with Gasteiger partial charge in [-0.1, -0.05) is 15.9 Å². The van der Waals surface area contributed by atoms with Gasteiger partial charge in [0.25, 0.3) is 5.91 Å². The van der Waals surface area contributed by atoms with Crippen molar-refractivity contribution in [2.24, 2.45) is 0 Å². The third kappa shape index (κ3) is 5.39. The fourth-order valence-corrected chi connectivity index (χ4v) is 3.55. The molecule has 0 bridgehead atoms. The fraction of sp³-hybridized carbons (Fsp3) is 0.208. The second-order valence-electron chi connectivity index (χ2n) is 7.67. The van der Waals surface area contributed by atoms with Gasteiger partial charge < -0.3 is 14.7 Å². The van der Waals surface area contributed by atoms with Crippen molar-refractivity contribution in [3.63, 3.8) is 0 Å². The van der Waals surface area contributed by atoms with Crippen molar-refractivity contribution in [1.29, 1.82) is 0 Å². The van der Waals surface area contributed by atoms with E-state index >= 15 is 0 Å². The second-order valence-corrected chi connectivity index (χ2v) is 8.53. The number of halogens is 4. The number of ether oxygens (including phenoxy) is 1.